The molecule has 2 amide bonds. The van der Waals surface area contributed by atoms with Crippen LogP contribution in [0.5, 0.6) is 0 Å². The Hall–Kier alpha value is -1.49. The summed E-state index contributed by atoms with van der Waals surface area (Å²) in [5, 5.41) is 3.01. The van der Waals surface area contributed by atoms with Gasteiger partial charge in [-0.05, 0) is 56.4 Å². The van der Waals surface area contributed by atoms with Crippen LogP contribution in [0.15, 0.2) is 18.2 Å². The summed E-state index contributed by atoms with van der Waals surface area (Å²) in [6.45, 7) is 5.84. The fourth-order valence-corrected chi connectivity index (χ4v) is 3.79. The first-order valence-electron chi connectivity index (χ1n) is 8.79. The number of carbonyl (C=O) groups excluding carboxylic acids is 2. The van der Waals surface area contributed by atoms with Gasteiger partial charge in [-0.3, -0.25) is 9.59 Å². The van der Waals surface area contributed by atoms with Gasteiger partial charge in [0.1, 0.15) is 0 Å². The third-order valence-electron chi connectivity index (χ3n) is 4.37. The lowest BCUT2D eigenvalue weighted by Crippen LogP contribution is -2.36. The van der Waals surface area contributed by atoms with Crippen molar-refractivity contribution in [3.63, 3.8) is 0 Å². The first kappa shape index (κ1) is 18.8. The van der Waals surface area contributed by atoms with E-state index in [0.29, 0.717) is 12.2 Å². The predicted octanol–water partition coefficient (Wildman–Crippen LogP) is 3.77. The smallest absolute Gasteiger partial charge is 0.232 e. The van der Waals surface area contributed by atoms with Gasteiger partial charge in [-0.2, -0.15) is 11.8 Å². The molecule has 0 aromatic heterocycles. The number of benzene rings is 1. The predicted molar refractivity (Wildman–Crippen MR) is 102 cm³/mol. The highest BCUT2D eigenvalue weighted by atomic mass is 32.2. The zero-order valence-corrected chi connectivity index (χ0v) is 15.6. The summed E-state index contributed by atoms with van der Waals surface area (Å²) in [4.78, 5) is 26.1. The molecule has 0 aliphatic carbocycles. The SMILES string of the molecule is Cc1cccc(C)c1NC(=O)CCCSCC(=O)N1CCCCC1. The Labute approximate surface area is 149 Å². The van der Waals surface area contributed by atoms with E-state index in [9.17, 15) is 9.59 Å². The van der Waals surface area contributed by atoms with Crippen molar-refractivity contribution in [1.82, 2.24) is 4.90 Å². The van der Waals surface area contributed by atoms with Crippen molar-refractivity contribution < 1.29 is 9.59 Å². The third kappa shape index (κ3) is 5.86. The van der Waals surface area contributed by atoms with Crippen LogP contribution in [-0.2, 0) is 9.59 Å². The van der Waals surface area contributed by atoms with E-state index in [4.69, 9.17) is 0 Å². The third-order valence-corrected chi connectivity index (χ3v) is 5.40. The summed E-state index contributed by atoms with van der Waals surface area (Å²) >= 11 is 1.64. The molecule has 132 valence electrons. The molecule has 1 aromatic rings. The summed E-state index contributed by atoms with van der Waals surface area (Å²) < 4.78 is 0. The molecule has 2 rings (SSSR count). The number of nitrogens with zero attached hydrogens (tertiary/aromatic N) is 1. The standard InChI is InChI=1S/C19H28N2O2S/c1-15-8-6-9-16(2)19(15)20-17(22)10-7-13-24-14-18(23)21-11-4-3-5-12-21/h6,8-9H,3-5,7,10-14H2,1-2H3,(H,20,22). The first-order chi connectivity index (χ1) is 11.6. The van der Waals surface area contributed by atoms with Gasteiger partial charge in [-0.1, -0.05) is 18.2 Å². The number of hydrogen-bond acceptors (Lipinski definition) is 3. The quantitative estimate of drug-likeness (QED) is 0.763. The Kier molecular flexibility index (Phi) is 7.63. The second kappa shape index (κ2) is 9.72. The molecule has 1 saturated heterocycles. The summed E-state index contributed by atoms with van der Waals surface area (Å²) in [6, 6.07) is 6.01. The van der Waals surface area contributed by atoms with Crippen LogP contribution in [0.2, 0.25) is 0 Å². The number of nitrogens with one attached hydrogen (secondary N) is 1. The van der Waals surface area contributed by atoms with E-state index < -0.39 is 0 Å². The molecule has 1 heterocycles. The van der Waals surface area contributed by atoms with Crippen LogP contribution in [0, 0.1) is 13.8 Å². The van der Waals surface area contributed by atoms with Gasteiger partial charge < -0.3 is 10.2 Å². The number of piperidine rings is 1. The zero-order valence-electron chi connectivity index (χ0n) is 14.8. The average Bonchev–Trinajstić information content (AvgIpc) is 2.58. The van der Waals surface area contributed by atoms with Gasteiger partial charge in [-0.15, -0.1) is 0 Å². The van der Waals surface area contributed by atoms with Crippen molar-refractivity contribution >= 4 is 29.3 Å². The van der Waals surface area contributed by atoms with Crippen LogP contribution >= 0.6 is 11.8 Å². The number of carbonyl (C=O) groups is 2. The fourth-order valence-electron chi connectivity index (χ4n) is 2.94. The van der Waals surface area contributed by atoms with Crippen LogP contribution in [0.25, 0.3) is 0 Å². The molecule has 24 heavy (non-hydrogen) atoms. The van der Waals surface area contributed by atoms with E-state index in [1.54, 1.807) is 11.8 Å². The van der Waals surface area contributed by atoms with Crippen molar-refractivity contribution in [3.05, 3.63) is 29.3 Å². The van der Waals surface area contributed by atoms with E-state index >= 15 is 0 Å². The molecule has 5 heteroatoms. The zero-order chi connectivity index (χ0) is 17.4. The van der Waals surface area contributed by atoms with Crippen LogP contribution in [0.3, 0.4) is 0 Å². The number of hydrogen-bond donors (Lipinski definition) is 1. The van der Waals surface area contributed by atoms with Crippen molar-refractivity contribution in [3.8, 4) is 0 Å². The van der Waals surface area contributed by atoms with Gasteiger partial charge in [0.25, 0.3) is 0 Å². The van der Waals surface area contributed by atoms with Crippen LogP contribution < -0.4 is 5.32 Å². The minimum absolute atomic E-state index is 0.0513. The van der Waals surface area contributed by atoms with Gasteiger partial charge in [-0.25, -0.2) is 0 Å². The fraction of sp³-hybridized carbons (Fsp3) is 0.579. The molecular weight excluding hydrogens is 320 g/mol. The van der Waals surface area contributed by atoms with Crippen molar-refractivity contribution in [2.24, 2.45) is 0 Å². The van der Waals surface area contributed by atoms with E-state index in [2.05, 4.69) is 5.32 Å². The lowest BCUT2D eigenvalue weighted by molar-refractivity contribution is -0.129. The average molecular weight is 349 g/mol. The molecule has 0 saturated carbocycles. The van der Waals surface area contributed by atoms with E-state index in [-0.39, 0.29) is 11.8 Å². The summed E-state index contributed by atoms with van der Waals surface area (Å²) in [7, 11) is 0. The number of likely N-dealkylation sites (tertiary alicyclic amines) is 1. The lowest BCUT2D eigenvalue weighted by atomic mass is 10.1. The van der Waals surface area contributed by atoms with Crippen molar-refractivity contribution in [2.75, 3.05) is 29.9 Å². The van der Waals surface area contributed by atoms with Gasteiger partial charge in [0.15, 0.2) is 0 Å². The summed E-state index contributed by atoms with van der Waals surface area (Å²) in [5.74, 6) is 1.69. The minimum Gasteiger partial charge on any atom is -0.342 e. The van der Waals surface area contributed by atoms with Gasteiger partial charge in [0, 0.05) is 25.2 Å². The molecule has 0 spiro atoms. The number of amides is 2. The Bertz CT molecular complexity index is 548. The highest BCUT2D eigenvalue weighted by Gasteiger charge is 2.16. The van der Waals surface area contributed by atoms with Crippen LogP contribution in [0.1, 0.15) is 43.2 Å². The molecule has 0 bridgehead atoms. The minimum atomic E-state index is 0.0513. The van der Waals surface area contributed by atoms with E-state index in [1.807, 2.05) is 36.9 Å². The molecule has 1 aliphatic heterocycles. The molecule has 1 fully saturated rings. The number of thioether (sulfide) groups is 1. The highest BCUT2D eigenvalue weighted by Crippen LogP contribution is 2.20. The maximum Gasteiger partial charge on any atom is 0.232 e. The monoisotopic (exact) mass is 348 g/mol. The maximum atomic E-state index is 12.1. The summed E-state index contributed by atoms with van der Waals surface area (Å²) in [5.41, 5.74) is 3.10. The largest absolute Gasteiger partial charge is 0.342 e. The molecule has 1 N–H and O–H groups in total. The number of rotatable bonds is 7. The molecule has 1 aliphatic rings. The molecule has 0 unspecified atom stereocenters. The van der Waals surface area contributed by atoms with E-state index in [1.165, 1.54) is 6.42 Å². The highest BCUT2D eigenvalue weighted by molar-refractivity contribution is 7.99. The maximum absolute atomic E-state index is 12.1. The summed E-state index contributed by atoms with van der Waals surface area (Å²) in [6.07, 6.45) is 4.81. The van der Waals surface area contributed by atoms with Gasteiger partial charge in [0.2, 0.25) is 11.8 Å². The molecule has 1 aromatic carbocycles. The van der Waals surface area contributed by atoms with Gasteiger partial charge in [0.05, 0.1) is 5.75 Å². The topological polar surface area (TPSA) is 49.4 Å². The molecule has 0 atom stereocenters. The van der Waals surface area contributed by atoms with E-state index in [0.717, 1.165) is 54.9 Å². The van der Waals surface area contributed by atoms with Crippen LogP contribution in [-0.4, -0.2) is 41.3 Å². The number of para-hydroxylation sites is 1. The second-order valence-electron chi connectivity index (χ2n) is 6.41. The van der Waals surface area contributed by atoms with Crippen LogP contribution in [0.4, 0.5) is 5.69 Å². The molecule has 0 radical (unpaired) electrons. The first-order valence-corrected chi connectivity index (χ1v) is 9.95. The Morgan fingerprint density at radius 3 is 2.46 bits per heavy atom. The van der Waals surface area contributed by atoms with Crippen molar-refractivity contribution in [1.29, 1.82) is 0 Å². The molecular formula is C19H28N2O2S. The Balaban J connectivity index is 1.62. The lowest BCUT2D eigenvalue weighted by Gasteiger charge is -2.26. The second-order valence-corrected chi connectivity index (χ2v) is 7.52. The normalized spacial score (nSPS) is 14.5. The van der Waals surface area contributed by atoms with Crippen molar-refractivity contribution in [2.45, 2.75) is 46.0 Å². The number of anilines is 1. The Morgan fingerprint density at radius 2 is 1.79 bits per heavy atom. The number of aryl methyl sites for hydroxylation is 2. The Morgan fingerprint density at radius 1 is 1.12 bits per heavy atom. The molecule has 4 nitrogen and oxygen atoms in total. The van der Waals surface area contributed by atoms with Gasteiger partial charge >= 0.3 is 0 Å².